The van der Waals surface area contributed by atoms with Gasteiger partial charge in [0.1, 0.15) is 0 Å². The Morgan fingerprint density at radius 1 is 1.29 bits per heavy atom. The molecule has 0 bridgehead atoms. The Morgan fingerprint density at radius 2 is 2.12 bits per heavy atom. The zero-order valence-corrected chi connectivity index (χ0v) is 9.83. The van der Waals surface area contributed by atoms with Gasteiger partial charge in [0.2, 0.25) is 0 Å². The van der Waals surface area contributed by atoms with Crippen LogP contribution in [0.3, 0.4) is 0 Å². The van der Waals surface area contributed by atoms with Gasteiger partial charge in [-0.15, -0.1) is 0 Å². The third-order valence-electron chi connectivity index (χ3n) is 2.66. The molecule has 5 heteroatoms. The summed E-state index contributed by atoms with van der Waals surface area (Å²) in [5.41, 5.74) is 2.58. The molecule has 0 spiro atoms. The van der Waals surface area contributed by atoms with Crippen molar-refractivity contribution < 1.29 is 4.21 Å². The minimum atomic E-state index is -2.48. The minimum Gasteiger partial charge on any atom is -0.308 e. The third kappa shape index (κ3) is 1.64. The van der Waals surface area contributed by atoms with Crippen LogP contribution in [-0.4, -0.2) is 20.3 Å². The van der Waals surface area contributed by atoms with Gasteiger partial charge in [-0.05, 0) is 23.6 Å². The van der Waals surface area contributed by atoms with Gasteiger partial charge in [0, 0.05) is 11.8 Å². The quantitative estimate of drug-likeness (QED) is 0.748. The molecular weight excluding hydrogens is 234 g/mol. The molecule has 2 N–H and O–H groups in total. The fourth-order valence-electron chi connectivity index (χ4n) is 1.86. The average Bonchev–Trinajstić information content (AvgIpc) is 2.81. The summed E-state index contributed by atoms with van der Waals surface area (Å²) >= 11 is 0. The molecule has 86 valence electrons. The lowest BCUT2D eigenvalue weighted by atomic mass is 10.1. The first-order valence-corrected chi connectivity index (χ1v) is 6.84. The van der Waals surface area contributed by atoms with Gasteiger partial charge in [0.15, 0.2) is 0 Å². The number of nitrogens with one attached hydrogen (secondary N) is 2. The highest BCUT2D eigenvalue weighted by Crippen LogP contribution is 2.27. The van der Waals surface area contributed by atoms with Gasteiger partial charge < -0.3 is 4.72 Å². The Morgan fingerprint density at radius 3 is 2.88 bits per heavy atom. The summed E-state index contributed by atoms with van der Waals surface area (Å²) in [6.07, 6.45) is 5.39. The van der Waals surface area contributed by atoms with E-state index in [4.69, 9.17) is 0 Å². The molecule has 1 unspecified atom stereocenters. The molecule has 4 nitrogen and oxygen atoms in total. The number of benzene rings is 1. The number of aromatic nitrogens is 2. The number of nitrogens with zero attached hydrogens (tertiary/aromatic N) is 1. The Labute approximate surface area is 99.5 Å². The largest absolute Gasteiger partial charge is 0.308 e. The van der Waals surface area contributed by atoms with E-state index in [1.54, 1.807) is 12.4 Å². The van der Waals surface area contributed by atoms with E-state index < -0.39 is 9.71 Å². The summed E-state index contributed by atoms with van der Waals surface area (Å²) in [6.45, 7) is 0. The van der Waals surface area contributed by atoms with Crippen molar-refractivity contribution in [1.82, 2.24) is 14.9 Å². The van der Waals surface area contributed by atoms with Crippen molar-refractivity contribution in [2.24, 2.45) is 0 Å². The normalized spacial score (nSPS) is 22.5. The zero-order valence-electron chi connectivity index (χ0n) is 9.01. The highest BCUT2D eigenvalue weighted by atomic mass is 32.2. The van der Waals surface area contributed by atoms with Crippen molar-refractivity contribution >= 4 is 27.4 Å². The zero-order chi connectivity index (χ0) is 11.9. The third-order valence-corrected chi connectivity index (χ3v) is 4.29. The van der Waals surface area contributed by atoms with E-state index in [0.717, 1.165) is 21.7 Å². The first-order chi connectivity index (χ1) is 8.17. The molecule has 0 saturated heterocycles. The number of hydrogen-bond donors (Lipinski definition) is 2. The summed E-state index contributed by atoms with van der Waals surface area (Å²) in [5.74, 6) is 3.78. The van der Waals surface area contributed by atoms with Gasteiger partial charge >= 0.3 is 0 Å². The van der Waals surface area contributed by atoms with Gasteiger partial charge in [0.25, 0.3) is 0 Å². The minimum absolute atomic E-state index is 0.743. The van der Waals surface area contributed by atoms with Gasteiger partial charge in [-0.25, -0.2) is 4.21 Å². The monoisotopic (exact) mass is 245 g/mol. The maximum Gasteiger partial charge on any atom is 0.0744 e. The molecule has 0 saturated carbocycles. The summed E-state index contributed by atoms with van der Waals surface area (Å²) in [6, 6.07) is 7.55. The van der Waals surface area contributed by atoms with Crippen LogP contribution in [-0.2, 0) is 9.71 Å². The second-order valence-electron chi connectivity index (χ2n) is 3.86. The second-order valence-corrected chi connectivity index (χ2v) is 5.85. The van der Waals surface area contributed by atoms with Crippen LogP contribution in [0.15, 0.2) is 41.6 Å². The molecule has 0 radical (unpaired) electrons. The predicted octanol–water partition coefficient (Wildman–Crippen LogP) is 1.50. The van der Waals surface area contributed by atoms with Gasteiger partial charge in [0.05, 0.1) is 26.5 Å². The number of H-pyrrole nitrogens is 1. The molecule has 2 aromatic rings. The molecule has 2 heterocycles. The number of hydrogen-bond acceptors (Lipinski definition) is 2. The van der Waals surface area contributed by atoms with Gasteiger partial charge in [-0.2, -0.15) is 5.10 Å². The maximum atomic E-state index is 12.4. The SMILES string of the molecule is C=S1(=O)NC(c2cn[nH]c2)=Cc2ccccc21. The van der Waals surface area contributed by atoms with Gasteiger partial charge in [-0.1, -0.05) is 18.2 Å². The molecule has 0 fully saturated rings. The van der Waals surface area contributed by atoms with E-state index >= 15 is 0 Å². The lowest BCUT2D eigenvalue weighted by Gasteiger charge is -2.21. The molecule has 1 aromatic heterocycles. The van der Waals surface area contributed by atoms with E-state index in [2.05, 4.69) is 20.8 Å². The second kappa shape index (κ2) is 3.49. The molecule has 0 aliphatic carbocycles. The molecule has 1 aliphatic heterocycles. The molecule has 0 amide bonds. The Bertz CT molecular complexity index is 684. The summed E-state index contributed by atoms with van der Waals surface area (Å²) in [7, 11) is -2.48. The molecular formula is C12H11N3OS. The van der Waals surface area contributed by atoms with Crippen molar-refractivity contribution in [2.45, 2.75) is 4.90 Å². The van der Waals surface area contributed by atoms with Crippen molar-refractivity contribution in [3.05, 3.63) is 47.8 Å². The van der Waals surface area contributed by atoms with E-state index in [-0.39, 0.29) is 0 Å². The van der Waals surface area contributed by atoms with Crippen molar-refractivity contribution in [2.75, 3.05) is 0 Å². The van der Waals surface area contributed by atoms with Crippen molar-refractivity contribution in [1.29, 1.82) is 0 Å². The highest BCUT2D eigenvalue weighted by Gasteiger charge is 2.19. The van der Waals surface area contributed by atoms with Crippen LogP contribution < -0.4 is 4.72 Å². The van der Waals surface area contributed by atoms with Crippen LogP contribution in [0.2, 0.25) is 0 Å². The average molecular weight is 245 g/mol. The van der Waals surface area contributed by atoms with Crippen LogP contribution in [0.1, 0.15) is 11.1 Å². The van der Waals surface area contributed by atoms with Crippen molar-refractivity contribution in [3.8, 4) is 0 Å². The van der Waals surface area contributed by atoms with Crippen LogP contribution in [0.5, 0.6) is 0 Å². The van der Waals surface area contributed by atoms with Crippen LogP contribution >= 0.6 is 0 Å². The Hall–Kier alpha value is -2.01. The maximum absolute atomic E-state index is 12.4. The molecule has 17 heavy (non-hydrogen) atoms. The topological polar surface area (TPSA) is 57.8 Å². The number of fused-ring (bicyclic) bond motifs is 1. The van der Waals surface area contributed by atoms with Crippen LogP contribution in [0.25, 0.3) is 11.8 Å². The fraction of sp³-hybridized carbons (Fsp3) is 0. The lowest BCUT2D eigenvalue weighted by molar-refractivity contribution is 0.677. The van der Waals surface area contributed by atoms with Crippen LogP contribution in [0.4, 0.5) is 0 Å². The number of aromatic amines is 1. The molecule has 1 atom stereocenters. The van der Waals surface area contributed by atoms with Crippen LogP contribution in [0, 0.1) is 0 Å². The van der Waals surface area contributed by atoms with E-state index in [9.17, 15) is 4.21 Å². The van der Waals surface area contributed by atoms with E-state index in [0.29, 0.717) is 0 Å². The lowest BCUT2D eigenvalue weighted by Crippen LogP contribution is -2.25. The number of rotatable bonds is 1. The first-order valence-electron chi connectivity index (χ1n) is 5.12. The highest BCUT2D eigenvalue weighted by molar-refractivity contribution is 7.99. The van der Waals surface area contributed by atoms with Crippen molar-refractivity contribution in [3.63, 3.8) is 0 Å². The fourth-order valence-corrected chi connectivity index (χ4v) is 3.31. The molecule has 1 aromatic carbocycles. The Kier molecular flexibility index (Phi) is 2.09. The van der Waals surface area contributed by atoms with E-state index in [1.807, 2.05) is 30.3 Å². The standard InChI is InChI=1S/C12H11N3OS/c1-17(16)12-5-3-2-4-9(12)6-11(15-17)10-7-13-14-8-10/h2-8H,1H2,(H,13,14)(H,15,16). The molecule has 3 rings (SSSR count). The predicted molar refractivity (Wildman–Crippen MR) is 69.6 cm³/mol. The Balaban J connectivity index is 2.22. The summed E-state index contributed by atoms with van der Waals surface area (Å²) < 4.78 is 15.4. The smallest absolute Gasteiger partial charge is 0.0744 e. The van der Waals surface area contributed by atoms with Gasteiger partial charge in [-0.3, -0.25) is 5.10 Å². The molecule has 1 aliphatic rings. The van der Waals surface area contributed by atoms with E-state index in [1.165, 1.54) is 0 Å². The first kappa shape index (κ1) is 10.2. The summed E-state index contributed by atoms with van der Waals surface area (Å²) in [5, 5.41) is 6.62. The summed E-state index contributed by atoms with van der Waals surface area (Å²) in [4.78, 5) is 0.743.